The Labute approximate surface area is 136 Å². The van der Waals surface area contributed by atoms with Gasteiger partial charge in [-0.15, -0.1) is 0 Å². The molecule has 0 aliphatic carbocycles. The second-order valence-corrected chi connectivity index (χ2v) is 5.15. The van der Waals surface area contributed by atoms with E-state index in [1.54, 1.807) is 4.57 Å². The number of ether oxygens (including phenoxy) is 2. The third-order valence-electron chi connectivity index (χ3n) is 3.77. The van der Waals surface area contributed by atoms with Crippen LogP contribution in [0.15, 0.2) is 6.33 Å². The average molecular weight is 335 g/mol. The van der Waals surface area contributed by atoms with Gasteiger partial charge in [-0.1, -0.05) is 5.92 Å². The monoisotopic (exact) mass is 335 g/mol. The Morgan fingerprint density at radius 3 is 2.88 bits per heavy atom. The molecule has 1 saturated heterocycles. The molecule has 2 aromatic heterocycles. The Morgan fingerprint density at radius 1 is 1.42 bits per heavy atom. The maximum atomic E-state index is 10.2. The first kappa shape index (κ1) is 16.6. The Bertz CT molecular complexity index is 798. The van der Waals surface area contributed by atoms with Crippen LogP contribution >= 0.6 is 0 Å². The molecule has 0 saturated carbocycles. The first-order chi connectivity index (χ1) is 11.6. The highest BCUT2D eigenvalue weighted by Gasteiger charge is 2.45. The summed E-state index contributed by atoms with van der Waals surface area (Å²) in [5.74, 6) is 5.29. The first-order valence-corrected chi connectivity index (χ1v) is 7.17. The lowest BCUT2D eigenvalue weighted by molar-refractivity contribution is -0.0583. The van der Waals surface area contributed by atoms with Crippen LogP contribution in [0.2, 0.25) is 0 Å². The third-order valence-corrected chi connectivity index (χ3v) is 3.77. The van der Waals surface area contributed by atoms with Crippen LogP contribution in [0, 0.1) is 11.8 Å². The molecule has 1 aliphatic heterocycles. The summed E-state index contributed by atoms with van der Waals surface area (Å²) in [6.45, 7) is -0.684. The Balaban J connectivity index is 2.08. The Morgan fingerprint density at radius 2 is 2.21 bits per heavy atom. The van der Waals surface area contributed by atoms with Gasteiger partial charge in [0.25, 0.3) is 0 Å². The van der Waals surface area contributed by atoms with E-state index in [0.717, 1.165) is 0 Å². The van der Waals surface area contributed by atoms with Gasteiger partial charge in [-0.2, -0.15) is 0 Å². The Kier molecular flexibility index (Phi) is 4.61. The van der Waals surface area contributed by atoms with E-state index in [1.165, 1.54) is 13.4 Å². The van der Waals surface area contributed by atoms with Crippen molar-refractivity contribution >= 4 is 17.0 Å². The number of aromatic nitrogens is 4. The van der Waals surface area contributed by atoms with Crippen LogP contribution in [-0.2, 0) is 9.47 Å². The van der Waals surface area contributed by atoms with E-state index < -0.39 is 24.5 Å². The molecule has 10 heteroatoms. The molecular formula is C14H17N5O5. The van der Waals surface area contributed by atoms with E-state index in [9.17, 15) is 10.2 Å². The molecule has 4 atom stereocenters. The second-order valence-electron chi connectivity index (χ2n) is 5.15. The predicted octanol–water partition coefficient (Wildman–Crippen LogP) is -1.98. The summed E-state index contributed by atoms with van der Waals surface area (Å²) in [7, 11) is 1.44. The van der Waals surface area contributed by atoms with E-state index in [0.29, 0.717) is 11.2 Å². The average Bonchev–Trinajstić information content (AvgIpc) is 3.13. The SMILES string of the molecule is CO[C@@H]1[C@H](O)[C@@H](CO)O[C@H]1n1cnc2c(N)nc(C#CCO)nc21. The zero-order chi connectivity index (χ0) is 17.3. The minimum atomic E-state index is -1.00. The number of aliphatic hydroxyl groups is 3. The van der Waals surface area contributed by atoms with Crippen LogP contribution in [0.5, 0.6) is 0 Å². The van der Waals surface area contributed by atoms with Crippen molar-refractivity contribution in [2.24, 2.45) is 0 Å². The van der Waals surface area contributed by atoms with Crippen LogP contribution in [0.4, 0.5) is 5.82 Å². The molecule has 128 valence electrons. The molecule has 3 heterocycles. The minimum Gasteiger partial charge on any atom is -0.394 e. The van der Waals surface area contributed by atoms with Gasteiger partial charge < -0.3 is 30.5 Å². The number of aliphatic hydroxyl groups excluding tert-OH is 3. The summed E-state index contributed by atoms with van der Waals surface area (Å²) >= 11 is 0. The summed E-state index contributed by atoms with van der Waals surface area (Å²) in [6.07, 6.45) is -1.81. The third kappa shape index (κ3) is 2.68. The number of hydrogen-bond donors (Lipinski definition) is 4. The highest BCUT2D eigenvalue weighted by Crippen LogP contribution is 2.33. The number of rotatable bonds is 3. The maximum absolute atomic E-state index is 10.2. The standard InChI is InChI=1S/C14H17N5O5/c1-23-11-10(22)7(5-21)24-14(11)19-6-16-9-12(15)17-8(3-2-4-20)18-13(9)19/h6-7,10-11,14,20-22H,4-5H2,1H3,(H2,15,17,18)/t7-,10-,11-,14-/m1/s1. The predicted molar refractivity (Wildman–Crippen MR) is 81.5 cm³/mol. The van der Waals surface area contributed by atoms with Crippen molar-refractivity contribution in [2.75, 3.05) is 26.1 Å². The molecule has 1 aliphatic rings. The van der Waals surface area contributed by atoms with Gasteiger partial charge in [0.2, 0.25) is 5.82 Å². The summed E-state index contributed by atoms with van der Waals surface area (Å²) in [5, 5.41) is 28.3. The summed E-state index contributed by atoms with van der Waals surface area (Å²) in [4.78, 5) is 12.4. The number of fused-ring (bicyclic) bond motifs is 1. The lowest BCUT2D eigenvalue weighted by Crippen LogP contribution is -2.34. The van der Waals surface area contributed by atoms with Crippen molar-refractivity contribution in [1.29, 1.82) is 0 Å². The molecule has 1 fully saturated rings. The van der Waals surface area contributed by atoms with Crippen molar-refractivity contribution in [3.05, 3.63) is 12.2 Å². The van der Waals surface area contributed by atoms with Crippen LogP contribution in [0.1, 0.15) is 12.1 Å². The van der Waals surface area contributed by atoms with Crippen LogP contribution in [0.25, 0.3) is 11.2 Å². The van der Waals surface area contributed by atoms with Crippen molar-refractivity contribution < 1.29 is 24.8 Å². The van der Waals surface area contributed by atoms with E-state index in [2.05, 4.69) is 26.8 Å². The molecule has 0 aromatic carbocycles. The molecule has 0 unspecified atom stereocenters. The summed E-state index contributed by atoms with van der Waals surface area (Å²) in [6, 6.07) is 0. The summed E-state index contributed by atoms with van der Waals surface area (Å²) < 4.78 is 12.5. The van der Waals surface area contributed by atoms with Gasteiger partial charge in [0.15, 0.2) is 17.7 Å². The molecule has 0 spiro atoms. The summed E-state index contributed by atoms with van der Waals surface area (Å²) in [5.41, 5.74) is 6.57. The first-order valence-electron chi connectivity index (χ1n) is 7.17. The van der Waals surface area contributed by atoms with Crippen molar-refractivity contribution in [1.82, 2.24) is 19.5 Å². The van der Waals surface area contributed by atoms with E-state index >= 15 is 0 Å². The molecular weight excluding hydrogens is 318 g/mol. The van der Waals surface area contributed by atoms with Crippen LogP contribution < -0.4 is 5.73 Å². The van der Waals surface area contributed by atoms with Gasteiger partial charge in [0.05, 0.1) is 12.9 Å². The zero-order valence-electron chi connectivity index (χ0n) is 12.8. The maximum Gasteiger partial charge on any atom is 0.209 e. The highest BCUT2D eigenvalue weighted by molar-refractivity contribution is 5.82. The van der Waals surface area contributed by atoms with Gasteiger partial charge in [0.1, 0.15) is 30.4 Å². The quantitative estimate of drug-likeness (QED) is 0.468. The van der Waals surface area contributed by atoms with Gasteiger partial charge in [0, 0.05) is 7.11 Å². The number of nitrogen functional groups attached to an aromatic ring is 1. The van der Waals surface area contributed by atoms with Crippen molar-refractivity contribution in [2.45, 2.75) is 24.5 Å². The Hall–Kier alpha value is -2.29. The second kappa shape index (κ2) is 6.68. The number of hydrogen-bond acceptors (Lipinski definition) is 9. The zero-order valence-corrected chi connectivity index (χ0v) is 12.8. The normalized spacial score (nSPS) is 26.5. The molecule has 24 heavy (non-hydrogen) atoms. The lowest BCUT2D eigenvalue weighted by atomic mass is 10.1. The number of nitrogens with zero attached hydrogens (tertiary/aromatic N) is 4. The van der Waals surface area contributed by atoms with Crippen LogP contribution in [0.3, 0.4) is 0 Å². The molecule has 10 nitrogen and oxygen atoms in total. The molecule has 3 rings (SSSR count). The highest BCUT2D eigenvalue weighted by atomic mass is 16.6. The van der Waals surface area contributed by atoms with Crippen molar-refractivity contribution in [3.63, 3.8) is 0 Å². The van der Waals surface area contributed by atoms with Crippen LogP contribution in [-0.4, -0.2) is 73.5 Å². The lowest BCUT2D eigenvalue weighted by Gasteiger charge is -2.19. The van der Waals surface area contributed by atoms with E-state index in [4.69, 9.17) is 20.3 Å². The number of nitrogens with two attached hydrogens (primary N) is 1. The van der Waals surface area contributed by atoms with Gasteiger partial charge in [-0.05, 0) is 5.92 Å². The topological polar surface area (TPSA) is 149 Å². The fourth-order valence-electron chi connectivity index (χ4n) is 2.65. The van der Waals surface area contributed by atoms with E-state index in [1.807, 2.05) is 0 Å². The van der Waals surface area contributed by atoms with Gasteiger partial charge in [-0.25, -0.2) is 15.0 Å². The van der Waals surface area contributed by atoms with Gasteiger partial charge in [-0.3, -0.25) is 4.57 Å². The fourth-order valence-corrected chi connectivity index (χ4v) is 2.65. The molecule has 0 amide bonds. The molecule has 0 radical (unpaired) electrons. The van der Waals surface area contributed by atoms with Crippen molar-refractivity contribution in [3.8, 4) is 11.8 Å². The number of methoxy groups -OCH3 is 1. The number of imidazole rings is 1. The minimum absolute atomic E-state index is 0.127. The van der Waals surface area contributed by atoms with Gasteiger partial charge >= 0.3 is 0 Å². The fraction of sp³-hybridized carbons (Fsp3) is 0.500. The smallest absolute Gasteiger partial charge is 0.209 e. The largest absolute Gasteiger partial charge is 0.394 e. The molecule has 0 bridgehead atoms. The van der Waals surface area contributed by atoms with E-state index in [-0.39, 0.29) is 24.9 Å². The molecule has 5 N–H and O–H groups in total. The number of anilines is 1. The molecule has 2 aromatic rings.